The molecule has 0 aromatic rings. The van der Waals surface area contributed by atoms with Crippen LogP contribution in [0.15, 0.2) is 12.2 Å². The Morgan fingerprint density at radius 3 is 2.50 bits per heavy atom. The molecule has 0 aliphatic carbocycles. The molecule has 1 atom stereocenters. The van der Waals surface area contributed by atoms with E-state index < -0.39 is 0 Å². The topological polar surface area (TPSA) is 34.1 Å². The lowest BCUT2D eigenvalue weighted by Crippen LogP contribution is -2.05. The van der Waals surface area contributed by atoms with E-state index in [1.165, 1.54) is 6.92 Å². The SMILES string of the molecule is CC/C=C/CC(C=O)CC(C)=O. The smallest absolute Gasteiger partial charge is 0.130 e. The van der Waals surface area contributed by atoms with Crippen molar-refractivity contribution in [2.75, 3.05) is 0 Å². The molecule has 0 aromatic heterocycles. The summed E-state index contributed by atoms with van der Waals surface area (Å²) >= 11 is 0. The molecule has 0 bridgehead atoms. The molecule has 2 nitrogen and oxygen atoms in total. The van der Waals surface area contributed by atoms with Gasteiger partial charge >= 0.3 is 0 Å². The number of aldehydes is 1. The fourth-order valence-electron chi connectivity index (χ4n) is 0.994. The molecule has 0 aliphatic rings. The maximum absolute atomic E-state index is 10.7. The van der Waals surface area contributed by atoms with Gasteiger partial charge in [0, 0.05) is 12.3 Å². The Kier molecular flexibility index (Phi) is 6.25. The average Bonchev–Trinajstić information content (AvgIpc) is 2.02. The van der Waals surface area contributed by atoms with Crippen molar-refractivity contribution >= 4 is 12.1 Å². The molecule has 0 saturated carbocycles. The fourth-order valence-corrected chi connectivity index (χ4v) is 0.994. The molecule has 0 aliphatic heterocycles. The summed E-state index contributed by atoms with van der Waals surface area (Å²) in [5, 5.41) is 0. The molecule has 0 heterocycles. The van der Waals surface area contributed by atoms with E-state index in [9.17, 15) is 9.59 Å². The Balaban J connectivity index is 3.75. The van der Waals surface area contributed by atoms with Crippen molar-refractivity contribution in [3.05, 3.63) is 12.2 Å². The zero-order valence-electron chi connectivity index (χ0n) is 7.75. The number of hydrogen-bond acceptors (Lipinski definition) is 2. The average molecular weight is 168 g/mol. The standard InChI is InChI=1S/C10H16O2/c1-3-4-5-6-10(8-11)7-9(2)12/h4-5,8,10H,3,6-7H2,1-2H3/b5-4+. The van der Waals surface area contributed by atoms with Crippen molar-refractivity contribution < 1.29 is 9.59 Å². The predicted octanol–water partition coefficient (Wildman–Crippen LogP) is 2.14. The highest BCUT2D eigenvalue weighted by Gasteiger charge is 2.07. The van der Waals surface area contributed by atoms with Crippen molar-refractivity contribution in [3.63, 3.8) is 0 Å². The van der Waals surface area contributed by atoms with Gasteiger partial charge in [-0.1, -0.05) is 19.1 Å². The number of carbonyl (C=O) groups excluding carboxylic acids is 2. The number of ketones is 1. The van der Waals surface area contributed by atoms with Crippen LogP contribution in [0.25, 0.3) is 0 Å². The first-order valence-corrected chi connectivity index (χ1v) is 4.30. The van der Waals surface area contributed by atoms with Gasteiger partial charge < -0.3 is 9.59 Å². The molecular formula is C10H16O2. The van der Waals surface area contributed by atoms with Crippen molar-refractivity contribution in [2.24, 2.45) is 5.92 Å². The number of hydrogen-bond donors (Lipinski definition) is 0. The Morgan fingerprint density at radius 2 is 2.08 bits per heavy atom. The number of Topliss-reactive ketones (excluding diaryl/α,β-unsaturated/α-hetero) is 1. The van der Waals surface area contributed by atoms with Gasteiger partial charge in [0.25, 0.3) is 0 Å². The Bertz CT molecular complexity index is 171. The van der Waals surface area contributed by atoms with Crippen molar-refractivity contribution in [1.82, 2.24) is 0 Å². The summed E-state index contributed by atoms with van der Waals surface area (Å²) in [5.41, 5.74) is 0. The van der Waals surface area contributed by atoms with Crippen LogP contribution in [-0.2, 0) is 9.59 Å². The minimum absolute atomic E-state index is 0.0806. The van der Waals surface area contributed by atoms with E-state index in [-0.39, 0.29) is 11.7 Å². The van der Waals surface area contributed by atoms with Gasteiger partial charge in [0.15, 0.2) is 0 Å². The van der Waals surface area contributed by atoms with Crippen LogP contribution in [0.1, 0.15) is 33.1 Å². The molecule has 68 valence electrons. The first-order valence-electron chi connectivity index (χ1n) is 4.30. The van der Waals surface area contributed by atoms with Crippen LogP contribution < -0.4 is 0 Å². The highest BCUT2D eigenvalue weighted by Crippen LogP contribution is 2.06. The maximum Gasteiger partial charge on any atom is 0.130 e. The number of rotatable bonds is 6. The quantitative estimate of drug-likeness (QED) is 0.450. The van der Waals surface area contributed by atoms with E-state index >= 15 is 0 Å². The molecule has 0 amide bonds. The highest BCUT2D eigenvalue weighted by atomic mass is 16.1. The second kappa shape index (κ2) is 6.77. The van der Waals surface area contributed by atoms with E-state index in [0.717, 1.165) is 12.7 Å². The molecule has 0 rings (SSSR count). The van der Waals surface area contributed by atoms with E-state index in [0.29, 0.717) is 12.8 Å². The van der Waals surface area contributed by atoms with Crippen molar-refractivity contribution in [1.29, 1.82) is 0 Å². The third-order valence-corrected chi connectivity index (χ3v) is 1.58. The van der Waals surface area contributed by atoms with Crippen LogP contribution in [0.2, 0.25) is 0 Å². The van der Waals surface area contributed by atoms with Crippen LogP contribution in [-0.4, -0.2) is 12.1 Å². The molecule has 0 N–H and O–H groups in total. The van der Waals surface area contributed by atoms with Gasteiger partial charge in [-0.15, -0.1) is 0 Å². The lowest BCUT2D eigenvalue weighted by Gasteiger charge is -2.02. The number of allylic oxidation sites excluding steroid dienone is 2. The minimum atomic E-state index is -0.120. The van der Waals surface area contributed by atoms with Gasteiger partial charge in [-0.3, -0.25) is 0 Å². The predicted molar refractivity (Wildman–Crippen MR) is 48.9 cm³/mol. The lowest BCUT2D eigenvalue weighted by atomic mass is 10.0. The summed E-state index contributed by atoms with van der Waals surface area (Å²) in [5.74, 6) is -0.0395. The Morgan fingerprint density at radius 1 is 1.42 bits per heavy atom. The van der Waals surface area contributed by atoms with E-state index in [4.69, 9.17) is 0 Å². The van der Waals surface area contributed by atoms with Gasteiger partial charge in [-0.25, -0.2) is 0 Å². The van der Waals surface area contributed by atoms with Gasteiger partial charge in [0.2, 0.25) is 0 Å². The van der Waals surface area contributed by atoms with Gasteiger partial charge in [-0.2, -0.15) is 0 Å². The van der Waals surface area contributed by atoms with Crippen LogP contribution in [0.3, 0.4) is 0 Å². The number of carbonyl (C=O) groups is 2. The summed E-state index contributed by atoms with van der Waals surface area (Å²) < 4.78 is 0. The molecule has 1 unspecified atom stereocenters. The maximum atomic E-state index is 10.7. The third-order valence-electron chi connectivity index (χ3n) is 1.58. The second-order valence-electron chi connectivity index (χ2n) is 2.92. The fraction of sp³-hybridized carbons (Fsp3) is 0.600. The Labute approximate surface area is 73.7 Å². The summed E-state index contributed by atoms with van der Waals surface area (Å²) in [4.78, 5) is 21.1. The molecule has 0 aromatic carbocycles. The van der Waals surface area contributed by atoms with Gasteiger partial charge in [0.05, 0.1) is 0 Å². The summed E-state index contributed by atoms with van der Waals surface area (Å²) in [7, 11) is 0. The molecule has 0 radical (unpaired) electrons. The largest absolute Gasteiger partial charge is 0.303 e. The summed E-state index contributed by atoms with van der Waals surface area (Å²) in [6.45, 7) is 3.55. The lowest BCUT2D eigenvalue weighted by molar-refractivity contribution is -0.121. The molecule has 0 fully saturated rings. The summed E-state index contributed by atoms with van der Waals surface area (Å²) in [6.07, 6.45) is 6.88. The van der Waals surface area contributed by atoms with Crippen LogP contribution in [0.4, 0.5) is 0 Å². The van der Waals surface area contributed by atoms with E-state index in [1.54, 1.807) is 0 Å². The molecule has 12 heavy (non-hydrogen) atoms. The normalized spacial score (nSPS) is 13.2. The van der Waals surface area contributed by atoms with Crippen LogP contribution >= 0.6 is 0 Å². The van der Waals surface area contributed by atoms with Crippen molar-refractivity contribution in [3.8, 4) is 0 Å². The third kappa shape index (κ3) is 5.83. The van der Waals surface area contributed by atoms with Gasteiger partial charge in [0.1, 0.15) is 12.1 Å². The molecule has 2 heteroatoms. The summed E-state index contributed by atoms with van der Waals surface area (Å²) in [6, 6.07) is 0. The monoisotopic (exact) mass is 168 g/mol. The first-order chi connectivity index (χ1) is 5.70. The highest BCUT2D eigenvalue weighted by molar-refractivity contribution is 5.78. The van der Waals surface area contributed by atoms with E-state index in [1.807, 2.05) is 19.1 Å². The molecule has 0 saturated heterocycles. The van der Waals surface area contributed by atoms with E-state index in [2.05, 4.69) is 0 Å². The first kappa shape index (κ1) is 11.1. The zero-order valence-corrected chi connectivity index (χ0v) is 7.75. The van der Waals surface area contributed by atoms with Crippen molar-refractivity contribution in [2.45, 2.75) is 33.1 Å². The minimum Gasteiger partial charge on any atom is -0.303 e. The van der Waals surface area contributed by atoms with Crippen LogP contribution in [0.5, 0.6) is 0 Å². The zero-order chi connectivity index (χ0) is 9.40. The van der Waals surface area contributed by atoms with Gasteiger partial charge in [-0.05, 0) is 19.8 Å². The Hall–Kier alpha value is -0.920. The second-order valence-corrected chi connectivity index (χ2v) is 2.92. The molecule has 0 spiro atoms. The van der Waals surface area contributed by atoms with Crippen LogP contribution in [0, 0.1) is 5.92 Å². The molecular weight excluding hydrogens is 152 g/mol.